The van der Waals surface area contributed by atoms with Crippen molar-refractivity contribution in [2.45, 2.75) is 25.9 Å². The van der Waals surface area contributed by atoms with Crippen molar-refractivity contribution < 1.29 is 19.0 Å². The number of carbonyl (C=O) groups excluding carboxylic acids is 1. The Bertz CT molecular complexity index is 384. The van der Waals surface area contributed by atoms with Crippen molar-refractivity contribution in [2.75, 3.05) is 13.2 Å². The van der Waals surface area contributed by atoms with Crippen molar-refractivity contribution in [3.05, 3.63) is 30.1 Å². The van der Waals surface area contributed by atoms with Gasteiger partial charge in [-0.1, -0.05) is 12.1 Å². The molecule has 100 valence electrons. The van der Waals surface area contributed by atoms with Crippen LogP contribution in [0.1, 0.15) is 19.8 Å². The van der Waals surface area contributed by atoms with E-state index < -0.39 is 11.9 Å². The Hall–Kier alpha value is -1.62. The number of aliphatic hydroxyl groups excluding tert-OH is 1. The molecule has 0 heterocycles. The van der Waals surface area contributed by atoms with Gasteiger partial charge in [-0.05, 0) is 31.9 Å². The quantitative estimate of drug-likeness (QED) is 0.726. The summed E-state index contributed by atoms with van der Waals surface area (Å²) in [6.07, 6.45) is 0.591. The molecule has 0 aliphatic rings. The monoisotopic (exact) mass is 255 g/mol. The van der Waals surface area contributed by atoms with Gasteiger partial charge in [-0.2, -0.15) is 0 Å². The highest BCUT2D eigenvalue weighted by Crippen LogP contribution is 2.16. The number of amides is 1. The molecule has 1 atom stereocenters. The molecular formula is C13H18FNO3. The summed E-state index contributed by atoms with van der Waals surface area (Å²) in [5.41, 5.74) is 0. The molecule has 1 aromatic carbocycles. The lowest BCUT2D eigenvalue weighted by Crippen LogP contribution is -2.37. The summed E-state index contributed by atoms with van der Waals surface area (Å²) in [7, 11) is 0. The molecule has 0 aliphatic heterocycles. The zero-order chi connectivity index (χ0) is 13.4. The first kappa shape index (κ1) is 14.4. The SMILES string of the molecule is CC(Oc1ccccc1F)C(=O)NCCCCO. The summed E-state index contributed by atoms with van der Waals surface area (Å²) < 4.78 is 18.5. The van der Waals surface area contributed by atoms with Crippen LogP contribution < -0.4 is 10.1 Å². The predicted octanol–water partition coefficient (Wildman–Crippen LogP) is 1.48. The third kappa shape index (κ3) is 4.71. The number of rotatable bonds is 7. The molecule has 0 radical (unpaired) electrons. The van der Waals surface area contributed by atoms with Gasteiger partial charge in [0.1, 0.15) is 0 Å². The van der Waals surface area contributed by atoms with E-state index in [0.29, 0.717) is 19.4 Å². The van der Waals surface area contributed by atoms with E-state index in [2.05, 4.69) is 5.32 Å². The molecule has 0 fully saturated rings. The molecule has 0 saturated carbocycles. The van der Waals surface area contributed by atoms with Gasteiger partial charge >= 0.3 is 0 Å². The highest BCUT2D eigenvalue weighted by molar-refractivity contribution is 5.80. The molecule has 2 N–H and O–H groups in total. The lowest BCUT2D eigenvalue weighted by atomic mass is 10.3. The van der Waals surface area contributed by atoms with Crippen molar-refractivity contribution in [1.82, 2.24) is 5.32 Å². The summed E-state index contributed by atoms with van der Waals surface area (Å²) in [5.74, 6) is -0.718. The maximum absolute atomic E-state index is 13.3. The summed E-state index contributed by atoms with van der Waals surface area (Å²) >= 11 is 0. The fraction of sp³-hybridized carbons (Fsp3) is 0.462. The number of halogens is 1. The fourth-order valence-electron chi connectivity index (χ4n) is 1.38. The highest BCUT2D eigenvalue weighted by atomic mass is 19.1. The van der Waals surface area contributed by atoms with Crippen LogP contribution in [0.5, 0.6) is 5.75 Å². The maximum atomic E-state index is 13.3. The standard InChI is InChI=1S/C13H18FNO3/c1-10(13(17)15-8-4-5-9-16)18-12-7-3-2-6-11(12)14/h2-3,6-7,10,16H,4-5,8-9H2,1H3,(H,15,17). The number of hydrogen-bond donors (Lipinski definition) is 2. The highest BCUT2D eigenvalue weighted by Gasteiger charge is 2.15. The number of benzene rings is 1. The van der Waals surface area contributed by atoms with Crippen LogP contribution in [-0.4, -0.2) is 30.3 Å². The van der Waals surface area contributed by atoms with Gasteiger partial charge < -0.3 is 15.2 Å². The van der Waals surface area contributed by atoms with Crippen LogP contribution in [0.25, 0.3) is 0 Å². The summed E-state index contributed by atoms with van der Waals surface area (Å²) in [5, 5.41) is 11.2. The van der Waals surface area contributed by atoms with E-state index >= 15 is 0 Å². The van der Waals surface area contributed by atoms with E-state index in [0.717, 1.165) is 0 Å². The van der Waals surface area contributed by atoms with Gasteiger partial charge in [-0.15, -0.1) is 0 Å². The van der Waals surface area contributed by atoms with Gasteiger partial charge in [0.25, 0.3) is 5.91 Å². The molecule has 1 rings (SSSR count). The number of carbonyl (C=O) groups is 1. The number of ether oxygens (including phenoxy) is 1. The van der Waals surface area contributed by atoms with Gasteiger partial charge in [-0.25, -0.2) is 4.39 Å². The Balaban J connectivity index is 2.38. The van der Waals surface area contributed by atoms with Crippen molar-refractivity contribution in [3.63, 3.8) is 0 Å². The zero-order valence-electron chi connectivity index (χ0n) is 10.4. The third-order valence-electron chi connectivity index (χ3n) is 2.39. The van der Waals surface area contributed by atoms with E-state index in [1.807, 2.05) is 0 Å². The average molecular weight is 255 g/mol. The van der Waals surface area contributed by atoms with Crippen molar-refractivity contribution in [1.29, 1.82) is 0 Å². The molecule has 0 aliphatic carbocycles. The van der Waals surface area contributed by atoms with Crippen LogP contribution in [0.4, 0.5) is 4.39 Å². The zero-order valence-corrected chi connectivity index (χ0v) is 10.4. The number of para-hydroxylation sites is 1. The Labute approximate surface area is 106 Å². The van der Waals surface area contributed by atoms with Crippen molar-refractivity contribution in [3.8, 4) is 5.75 Å². The molecule has 0 saturated heterocycles. The van der Waals surface area contributed by atoms with Crippen LogP contribution >= 0.6 is 0 Å². The first-order chi connectivity index (χ1) is 8.65. The van der Waals surface area contributed by atoms with E-state index in [-0.39, 0.29) is 18.3 Å². The molecule has 5 heteroatoms. The molecule has 18 heavy (non-hydrogen) atoms. The molecule has 0 bridgehead atoms. The minimum atomic E-state index is -0.754. The smallest absolute Gasteiger partial charge is 0.260 e. The van der Waals surface area contributed by atoms with E-state index in [1.165, 1.54) is 12.1 Å². The predicted molar refractivity (Wildman–Crippen MR) is 65.8 cm³/mol. The van der Waals surface area contributed by atoms with Gasteiger partial charge in [0, 0.05) is 13.2 Å². The topological polar surface area (TPSA) is 58.6 Å². The summed E-state index contributed by atoms with van der Waals surface area (Å²) in [6, 6.07) is 5.96. The number of hydrogen-bond acceptors (Lipinski definition) is 3. The van der Waals surface area contributed by atoms with Gasteiger partial charge in [0.05, 0.1) is 0 Å². The first-order valence-corrected chi connectivity index (χ1v) is 5.95. The second-order valence-electron chi connectivity index (χ2n) is 3.91. The van der Waals surface area contributed by atoms with Gasteiger partial charge in [0.15, 0.2) is 17.7 Å². The van der Waals surface area contributed by atoms with Gasteiger partial charge in [-0.3, -0.25) is 4.79 Å². The fourth-order valence-corrected chi connectivity index (χ4v) is 1.38. The average Bonchev–Trinajstić information content (AvgIpc) is 2.37. The molecule has 0 spiro atoms. The van der Waals surface area contributed by atoms with E-state index in [1.54, 1.807) is 19.1 Å². The lowest BCUT2D eigenvalue weighted by molar-refractivity contribution is -0.127. The maximum Gasteiger partial charge on any atom is 0.260 e. The number of unbranched alkanes of at least 4 members (excludes halogenated alkanes) is 1. The van der Waals surface area contributed by atoms with E-state index in [4.69, 9.17) is 9.84 Å². The Morgan fingerprint density at radius 3 is 2.83 bits per heavy atom. The van der Waals surface area contributed by atoms with Crippen LogP contribution in [-0.2, 0) is 4.79 Å². The third-order valence-corrected chi connectivity index (χ3v) is 2.39. The Morgan fingerprint density at radius 1 is 1.44 bits per heavy atom. The van der Waals surface area contributed by atoms with Crippen LogP contribution in [0, 0.1) is 5.82 Å². The number of nitrogens with one attached hydrogen (secondary N) is 1. The second-order valence-corrected chi connectivity index (χ2v) is 3.91. The molecule has 1 amide bonds. The van der Waals surface area contributed by atoms with Crippen molar-refractivity contribution >= 4 is 5.91 Å². The van der Waals surface area contributed by atoms with E-state index in [9.17, 15) is 9.18 Å². The molecule has 1 aromatic rings. The van der Waals surface area contributed by atoms with Crippen LogP contribution in [0.2, 0.25) is 0 Å². The molecule has 4 nitrogen and oxygen atoms in total. The number of aliphatic hydroxyl groups is 1. The van der Waals surface area contributed by atoms with Crippen molar-refractivity contribution in [2.24, 2.45) is 0 Å². The molecule has 0 aromatic heterocycles. The van der Waals surface area contributed by atoms with Gasteiger partial charge in [0.2, 0.25) is 0 Å². The van der Waals surface area contributed by atoms with Crippen LogP contribution in [0.3, 0.4) is 0 Å². The first-order valence-electron chi connectivity index (χ1n) is 5.95. The largest absolute Gasteiger partial charge is 0.478 e. The normalized spacial score (nSPS) is 11.9. The molecule has 1 unspecified atom stereocenters. The lowest BCUT2D eigenvalue weighted by Gasteiger charge is -2.14. The Morgan fingerprint density at radius 2 is 2.17 bits per heavy atom. The Kier molecular flexibility index (Phi) is 6.14. The van der Waals surface area contributed by atoms with Crippen LogP contribution in [0.15, 0.2) is 24.3 Å². The summed E-state index contributed by atoms with van der Waals surface area (Å²) in [6.45, 7) is 2.15. The minimum absolute atomic E-state index is 0.0653. The molecular weight excluding hydrogens is 237 g/mol. The summed E-state index contributed by atoms with van der Waals surface area (Å²) in [4.78, 5) is 11.6. The second kappa shape index (κ2) is 7.66. The minimum Gasteiger partial charge on any atom is -0.478 e.